The van der Waals surface area contributed by atoms with Crippen molar-refractivity contribution in [2.45, 2.75) is 9.92 Å². The van der Waals surface area contributed by atoms with Gasteiger partial charge in [0.25, 0.3) is 0 Å². The zero-order valence-electron chi connectivity index (χ0n) is 9.05. The number of hydrogen-bond donors (Lipinski definition) is 1. The molecule has 0 bridgehead atoms. The van der Waals surface area contributed by atoms with Crippen LogP contribution >= 0.6 is 11.8 Å². The van der Waals surface area contributed by atoms with Crippen molar-refractivity contribution in [2.75, 3.05) is 12.8 Å². The second-order valence-corrected chi connectivity index (χ2v) is 4.22. The summed E-state index contributed by atoms with van der Waals surface area (Å²) in [6, 6.07) is 7.27. The molecule has 6 heteroatoms. The van der Waals surface area contributed by atoms with Gasteiger partial charge in [-0.3, -0.25) is 0 Å². The lowest BCUT2D eigenvalue weighted by Crippen LogP contribution is -1.97. The molecule has 0 aliphatic heterocycles. The number of rotatable bonds is 3. The molecule has 1 aromatic carbocycles. The van der Waals surface area contributed by atoms with Gasteiger partial charge in [-0.1, -0.05) is 17.8 Å². The Labute approximate surface area is 102 Å². The molecule has 0 saturated carbocycles. The Balaban J connectivity index is 2.27. The summed E-state index contributed by atoms with van der Waals surface area (Å²) < 4.78 is 18.5. The summed E-state index contributed by atoms with van der Waals surface area (Å²) in [4.78, 5) is 8.23. The summed E-state index contributed by atoms with van der Waals surface area (Å²) in [5.74, 6) is 0.265. The van der Waals surface area contributed by atoms with E-state index in [1.54, 1.807) is 13.2 Å². The molecule has 0 aliphatic carbocycles. The number of methoxy groups -OCH3 is 1. The van der Waals surface area contributed by atoms with E-state index in [0.717, 1.165) is 11.1 Å². The Morgan fingerprint density at radius 1 is 1.41 bits per heavy atom. The first-order valence-corrected chi connectivity index (χ1v) is 5.60. The molecule has 88 valence electrons. The minimum absolute atomic E-state index is 0.0526. The van der Waals surface area contributed by atoms with Gasteiger partial charge in [0.2, 0.25) is 5.95 Å². The average molecular weight is 251 g/mol. The number of ether oxygens (including phenoxy) is 1. The van der Waals surface area contributed by atoms with Crippen LogP contribution in [0.15, 0.2) is 40.4 Å². The van der Waals surface area contributed by atoms with Crippen LogP contribution in [0.1, 0.15) is 0 Å². The Hall–Kier alpha value is -1.82. The fourth-order valence-corrected chi connectivity index (χ4v) is 2.05. The van der Waals surface area contributed by atoms with Gasteiger partial charge in [-0.2, -0.15) is 0 Å². The van der Waals surface area contributed by atoms with E-state index in [4.69, 9.17) is 10.5 Å². The monoisotopic (exact) mass is 251 g/mol. The van der Waals surface area contributed by atoms with Gasteiger partial charge in [0.1, 0.15) is 10.8 Å². The lowest BCUT2D eigenvalue weighted by atomic mass is 10.3. The molecule has 4 nitrogen and oxygen atoms in total. The number of anilines is 1. The molecule has 0 radical (unpaired) electrons. The van der Waals surface area contributed by atoms with Gasteiger partial charge in [0.05, 0.1) is 13.3 Å². The highest BCUT2D eigenvalue weighted by Crippen LogP contribution is 2.30. The molecule has 1 heterocycles. The van der Waals surface area contributed by atoms with Gasteiger partial charge < -0.3 is 10.5 Å². The standard InChI is InChI=1S/C11H10FN3OS/c1-16-7-3-2-4-8(5-7)17-10-9(12)6-14-11(13)15-10/h2-6H,1H3,(H2,13,14,15). The predicted octanol–water partition coefficient (Wildman–Crippen LogP) is 2.36. The molecular formula is C11H10FN3OS. The van der Waals surface area contributed by atoms with Crippen LogP contribution < -0.4 is 10.5 Å². The van der Waals surface area contributed by atoms with Crippen molar-refractivity contribution in [2.24, 2.45) is 0 Å². The average Bonchev–Trinajstić information content (AvgIpc) is 2.34. The van der Waals surface area contributed by atoms with Crippen molar-refractivity contribution >= 4 is 17.7 Å². The topological polar surface area (TPSA) is 61.0 Å². The molecule has 2 aromatic rings. The summed E-state index contributed by atoms with van der Waals surface area (Å²) in [5.41, 5.74) is 5.41. The lowest BCUT2D eigenvalue weighted by Gasteiger charge is -2.04. The van der Waals surface area contributed by atoms with E-state index in [1.165, 1.54) is 11.8 Å². The number of aromatic nitrogens is 2. The molecule has 0 atom stereocenters. The van der Waals surface area contributed by atoms with E-state index in [2.05, 4.69) is 9.97 Å². The Bertz CT molecular complexity index is 536. The van der Waals surface area contributed by atoms with E-state index < -0.39 is 5.82 Å². The molecule has 2 N–H and O–H groups in total. The fourth-order valence-electron chi connectivity index (χ4n) is 1.21. The minimum atomic E-state index is -0.494. The SMILES string of the molecule is COc1cccc(Sc2nc(N)ncc2F)c1. The maximum absolute atomic E-state index is 13.4. The van der Waals surface area contributed by atoms with Crippen molar-refractivity contribution in [3.05, 3.63) is 36.3 Å². The van der Waals surface area contributed by atoms with Crippen LogP contribution in [0, 0.1) is 5.82 Å². The van der Waals surface area contributed by atoms with Crippen molar-refractivity contribution in [1.29, 1.82) is 0 Å². The van der Waals surface area contributed by atoms with Gasteiger partial charge in [-0.25, -0.2) is 14.4 Å². The smallest absolute Gasteiger partial charge is 0.221 e. The van der Waals surface area contributed by atoms with Crippen LogP contribution in [0.2, 0.25) is 0 Å². The third kappa shape index (κ3) is 2.85. The maximum Gasteiger partial charge on any atom is 0.221 e. The van der Waals surface area contributed by atoms with Crippen LogP contribution in [0.25, 0.3) is 0 Å². The van der Waals surface area contributed by atoms with Crippen LogP contribution in [0.3, 0.4) is 0 Å². The van der Waals surface area contributed by atoms with Crippen LogP contribution in [-0.2, 0) is 0 Å². The van der Waals surface area contributed by atoms with Gasteiger partial charge >= 0.3 is 0 Å². The third-order valence-corrected chi connectivity index (χ3v) is 2.96. The molecule has 0 spiro atoms. The van der Waals surface area contributed by atoms with Crippen LogP contribution in [-0.4, -0.2) is 17.1 Å². The molecule has 0 amide bonds. The van der Waals surface area contributed by atoms with E-state index in [-0.39, 0.29) is 11.0 Å². The Morgan fingerprint density at radius 2 is 2.24 bits per heavy atom. The molecule has 0 unspecified atom stereocenters. The summed E-state index contributed by atoms with van der Waals surface area (Å²) in [7, 11) is 1.58. The molecular weight excluding hydrogens is 241 g/mol. The molecule has 2 rings (SSSR count). The molecule has 0 saturated heterocycles. The second-order valence-electron chi connectivity index (χ2n) is 3.16. The van der Waals surface area contributed by atoms with Crippen molar-refractivity contribution in [3.63, 3.8) is 0 Å². The molecule has 1 aromatic heterocycles. The first-order valence-electron chi connectivity index (χ1n) is 4.79. The minimum Gasteiger partial charge on any atom is -0.497 e. The Kier molecular flexibility index (Phi) is 3.43. The number of nitrogens with zero attached hydrogens (tertiary/aromatic N) is 2. The first kappa shape index (κ1) is 11.7. The number of nitrogens with two attached hydrogens (primary N) is 1. The maximum atomic E-state index is 13.4. The normalized spacial score (nSPS) is 10.2. The van der Waals surface area contributed by atoms with Crippen molar-refractivity contribution < 1.29 is 9.13 Å². The van der Waals surface area contributed by atoms with E-state index in [1.807, 2.05) is 18.2 Å². The van der Waals surface area contributed by atoms with Gasteiger partial charge in [0, 0.05) is 4.90 Å². The highest BCUT2D eigenvalue weighted by Gasteiger charge is 2.08. The summed E-state index contributed by atoms with van der Waals surface area (Å²) in [6.07, 6.45) is 1.06. The van der Waals surface area contributed by atoms with Crippen molar-refractivity contribution in [3.8, 4) is 5.75 Å². The summed E-state index contributed by atoms with van der Waals surface area (Å²) >= 11 is 1.17. The molecule has 0 fully saturated rings. The highest BCUT2D eigenvalue weighted by atomic mass is 32.2. The first-order chi connectivity index (χ1) is 8.19. The van der Waals surface area contributed by atoms with Crippen molar-refractivity contribution in [1.82, 2.24) is 9.97 Å². The number of halogens is 1. The molecule has 17 heavy (non-hydrogen) atoms. The predicted molar refractivity (Wildman–Crippen MR) is 63.5 cm³/mol. The zero-order valence-corrected chi connectivity index (χ0v) is 9.87. The Morgan fingerprint density at radius 3 is 3.00 bits per heavy atom. The number of benzene rings is 1. The second kappa shape index (κ2) is 5.01. The van der Waals surface area contributed by atoms with E-state index in [9.17, 15) is 4.39 Å². The van der Waals surface area contributed by atoms with Crippen LogP contribution in [0.4, 0.5) is 10.3 Å². The zero-order chi connectivity index (χ0) is 12.3. The van der Waals surface area contributed by atoms with Gasteiger partial charge in [0.15, 0.2) is 5.82 Å². The van der Waals surface area contributed by atoms with Gasteiger partial charge in [-0.15, -0.1) is 0 Å². The largest absolute Gasteiger partial charge is 0.497 e. The van der Waals surface area contributed by atoms with E-state index in [0.29, 0.717) is 5.75 Å². The highest BCUT2D eigenvalue weighted by molar-refractivity contribution is 7.99. The third-order valence-electron chi connectivity index (χ3n) is 1.99. The molecule has 0 aliphatic rings. The number of hydrogen-bond acceptors (Lipinski definition) is 5. The van der Waals surface area contributed by atoms with Crippen LogP contribution in [0.5, 0.6) is 5.75 Å². The summed E-state index contributed by atoms with van der Waals surface area (Å²) in [5, 5.41) is 0.200. The quantitative estimate of drug-likeness (QED) is 0.848. The number of nitrogen functional groups attached to an aromatic ring is 1. The lowest BCUT2D eigenvalue weighted by molar-refractivity contribution is 0.413. The summed E-state index contributed by atoms with van der Waals surface area (Å²) in [6.45, 7) is 0. The fraction of sp³-hybridized carbons (Fsp3) is 0.0909. The van der Waals surface area contributed by atoms with E-state index >= 15 is 0 Å². The van der Waals surface area contributed by atoms with Gasteiger partial charge in [-0.05, 0) is 18.2 Å².